The molecule has 0 fully saturated rings. The molecule has 0 radical (unpaired) electrons. The second kappa shape index (κ2) is 5.55. The van der Waals surface area contributed by atoms with Crippen LogP contribution in [0.1, 0.15) is 16.5 Å². The minimum Gasteiger partial charge on any atom is -0.207 e. The van der Waals surface area contributed by atoms with Crippen LogP contribution in [-0.4, -0.2) is 0 Å². The number of benzene rings is 2. The van der Waals surface area contributed by atoms with Crippen LogP contribution in [0.2, 0.25) is 5.02 Å². The molecule has 0 heterocycles. The van der Waals surface area contributed by atoms with Crippen LogP contribution < -0.4 is 0 Å². The van der Waals surface area contributed by atoms with Gasteiger partial charge in [0, 0.05) is 21.1 Å². The lowest BCUT2D eigenvalue weighted by Gasteiger charge is -2.13. The highest BCUT2D eigenvalue weighted by molar-refractivity contribution is 9.10. The van der Waals surface area contributed by atoms with Gasteiger partial charge >= 0.3 is 0 Å². The molecule has 0 aliphatic heterocycles. The van der Waals surface area contributed by atoms with Gasteiger partial charge in [-0.2, -0.15) is 0 Å². The zero-order chi connectivity index (χ0) is 13.3. The Kier molecular flexibility index (Phi) is 4.25. The van der Waals surface area contributed by atoms with Crippen LogP contribution in [0, 0.1) is 11.6 Å². The van der Waals surface area contributed by atoms with Crippen LogP contribution in [-0.2, 0) is 0 Å². The zero-order valence-corrected chi connectivity index (χ0v) is 12.0. The summed E-state index contributed by atoms with van der Waals surface area (Å²) in [6.45, 7) is 0. The predicted molar refractivity (Wildman–Crippen MR) is 73.2 cm³/mol. The van der Waals surface area contributed by atoms with Gasteiger partial charge < -0.3 is 0 Å². The Morgan fingerprint density at radius 3 is 2.39 bits per heavy atom. The second-order valence-electron chi connectivity index (χ2n) is 3.69. The highest BCUT2D eigenvalue weighted by atomic mass is 79.9. The quantitative estimate of drug-likeness (QED) is 0.608. The van der Waals surface area contributed by atoms with E-state index in [9.17, 15) is 8.78 Å². The van der Waals surface area contributed by atoms with Gasteiger partial charge in [-0.3, -0.25) is 0 Å². The third kappa shape index (κ3) is 2.85. The van der Waals surface area contributed by atoms with Gasteiger partial charge in [0.05, 0.1) is 5.38 Å². The van der Waals surface area contributed by atoms with Crippen molar-refractivity contribution in [2.24, 2.45) is 0 Å². The van der Waals surface area contributed by atoms with Crippen molar-refractivity contribution in [3.63, 3.8) is 0 Å². The van der Waals surface area contributed by atoms with Crippen molar-refractivity contribution in [1.82, 2.24) is 0 Å². The smallest absolute Gasteiger partial charge is 0.131 e. The van der Waals surface area contributed by atoms with Gasteiger partial charge in [-0.05, 0) is 29.8 Å². The first-order valence-electron chi connectivity index (χ1n) is 5.03. The standard InChI is InChI=1S/C13H7BrCl2F2/c14-7-1-4-11(15)10(5-7)13(16)9-3-2-8(17)6-12(9)18/h1-6,13H. The van der Waals surface area contributed by atoms with Crippen molar-refractivity contribution in [2.45, 2.75) is 5.38 Å². The van der Waals surface area contributed by atoms with E-state index in [1.165, 1.54) is 12.1 Å². The van der Waals surface area contributed by atoms with E-state index in [1.807, 2.05) is 0 Å². The fraction of sp³-hybridized carbons (Fsp3) is 0.0769. The van der Waals surface area contributed by atoms with E-state index in [0.29, 0.717) is 10.6 Å². The average Bonchev–Trinajstić information content (AvgIpc) is 2.31. The summed E-state index contributed by atoms with van der Waals surface area (Å²) in [6.07, 6.45) is 0. The molecule has 0 amide bonds. The van der Waals surface area contributed by atoms with Crippen LogP contribution in [0.15, 0.2) is 40.9 Å². The molecule has 0 spiro atoms. The van der Waals surface area contributed by atoms with Crippen molar-refractivity contribution in [3.8, 4) is 0 Å². The maximum atomic E-state index is 13.6. The number of rotatable bonds is 2. The first-order chi connectivity index (χ1) is 8.49. The molecule has 0 saturated carbocycles. The molecule has 2 aromatic carbocycles. The first-order valence-corrected chi connectivity index (χ1v) is 6.63. The molecule has 0 nitrogen and oxygen atoms in total. The summed E-state index contributed by atoms with van der Waals surface area (Å²) in [7, 11) is 0. The normalized spacial score (nSPS) is 12.5. The molecule has 0 saturated heterocycles. The van der Waals surface area contributed by atoms with Gasteiger partial charge in [-0.15, -0.1) is 11.6 Å². The predicted octanol–water partition coefficient (Wildman–Crippen LogP) is 5.71. The molecular formula is C13H7BrCl2F2. The highest BCUT2D eigenvalue weighted by Gasteiger charge is 2.18. The van der Waals surface area contributed by atoms with E-state index < -0.39 is 17.0 Å². The van der Waals surface area contributed by atoms with E-state index >= 15 is 0 Å². The molecule has 0 aliphatic rings. The molecule has 5 heteroatoms. The molecule has 0 bridgehead atoms. The van der Waals surface area contributed by atoms with E-state index in [0.717, 1.165) is 10.5 Å². The molecule has 2 aromatic rings. The fourth-order valence-electron chi connectivity index (χ4n) is 1.58. The van der Waals surface area contributed by atoms with Crippen LogP contribution in [0.4, 0.5) is 8.78 Å². The summed E-state index contributed by atoms with van der Waals surface area (Å²) >= 11 is 15.5. The van der Waals surface area contributed by atoms with Gasteiger partial charge in [0.15, 0.2) is 0 Å². The number of hydrogen-bond acceptors (Lipinski definition) is 0. The summed E-state index contributed by atoms with van der Waals surface area (Å²) in [6, 6.07) is 8.42. The SMILES string of the molecule is Fc1ccc(C(Cl)c2cc(Br)ccc2Cl)c(F)c1. The summed E-state index contributed by atoms with van der Waals surface area (Å²) < 4.78 is 27.3. The Morgan fingerprint density at radius 1 is 1.00 bits per heavy atom. The number of hydrogen-bond donors (Lipinski definition) is 0. The maximum Gasteiger partial charge on any atom is 0.131 e. The van der Waals surface area contributed by atoms with Crippen molar-refractivity contribution in [3.05, 3.63) is 68.7 Å². The molecule has 2 rings (SSSR count). The fourth-order valence-corrected chi connectivity index (χ4v) is 2.60. The van der Waals surface area contributed by atoms with Crippen molar-refractivity contribution < 1.29 is 8.78 Å². The van der Waals surface area contributed by atoms with Gasteiger partial charge in [-0.25, -0.2) is 8.78 Å². The lowest BCUT2D eigenvalue weighted by atomic mass is 10.0. The molecule has 0 aromatic heterocycles. The van der Waals surface area contributed by atoms with Gasteiger partial charge in [0.1, 0.15) is 11.6 Å². The monoisotopic (exact) mass is 350 g/mol. The van der Waals surface area contributed by atoms with E-state index in [1.54, 1.807) is 18.2 Å². The largest absolute Gasteiger partial charge is 0.207 e. The Labute approximate surface area is 122 Å². The molecule has 1 atom stereocenters. The molecule has 18 heavy (non-hydrogen) atoms. The Morgan fingerprint density at radius 2 is 1.72 bits per heavy atom. The topological polar surface area (TPSA) is 0 Å². The zero-order valence-electron chi connectivity index (χ0n) is 8.93. The highest BCUT2D eigenvalue weighted by Crippen LogP contribution is 2.36. The minimum absolute atomic E-state index is 0.193. The summed E-state index contributed by atoms with van der Waals surface area (Å²) in [4.78, 5) is 0. The van der Waals surface area contributed by atoms with Crippen molar-refractivity contribution in [2.75, 3.05) is 0 Å². The summed E-state index contributed by atoms with van der Waals surface area (Å²) in [5.41, 5.74) is 0.760. The maximum absolute atomic E-state index is 13.6. The van der Waals surface area contributed by atoms with Gasteiger partial charge in [0.25, 0.3) is 0 Å². The summed E-state index contributed by atoms with van der Waals surface area (Å²) in [5, 5.41) is -0.336. The lowest BCUT2D eigenvalue weighted by molar-refractivity contribution is 0.573. The number of halogens is 5. The van der Waals surface area contributed by atoms with E-state index in [4.69, 9.17) is 23.2 Å². The number of alkyl halides is 1. The van der Waals surface area contributed by atoms with Crippen LogP contribution >= 0.6 is 39.1 Å². The minimum atomic E-state index is -0.768. The Bertz CT molecular complexity index is 587. The molecule has 0 N–H and O–H groups in total. The Balaban J connectivity index is 2.47. The molecule has 94 valence electrons. The molecule has 1 unspecified atom stereocenters. The molecular weight excluding hydrogens is 345 g/mol. The second-order valence-corrected chi connectivity index (χ2v) is 5.45. The van der Waals surface area contributed by atoms with E-state index in [2.05, 4.69) is 15.9 Å². The average molecular weight is 352 g/mol. The van der Waals surface area contributed by atoms with Gasteiger partial charge in [-0.1, -0.05) is 33.6 Å². The van der Waals surface area contributed by atoms with Crippen LogP contribution in [0.3, 0.4) is 0 Å². The lowest BCUT2D eigenvalue weighted by Crippen LogP contribution is -1.98. The summed E-state index contributed by atoms with van der Waals surface area (Å²) in [5.74, 6) is -1.33. The first kappa shape index (κ1) is 13.8. The molecule has 0 aliphatic carbocycles. The van der Waals surface area contributed by atoms with E-state index in [-0.39, 0.29) is 5.56 Å². The van der Waals surface area contributed by atoms with Crippen molar-refractivity contribution in [1.29, 1.82) is 0 Å². The third-order valence-electron chi connectivity index (χ3n) is 2.47. The van der Waals surface area contributed by atoms with Gasteiger partial charge in [0.2, 0.25) is 0 Å². The Hall–Kier alpha value is -0.640. The van der Waals surface area contributed by atoms with Crippen molar-refractivity contribution >= 4 is 39.1 Å². The third-order valence-corrected chi connectivity index (χ3v) is 3.77. The van der Waals surface area contributed by atoms with Crippen LogP contribution in [0.5, 0.6) is 0 Å². The van der Waals surface area contributed by atoms with Crippen LogP contribution in [0.25, 0.3) is 0 Å².